The number of hydrogen-bond acceptors (Lipinski definition) is 3. The number of nitrogens with one attached hydrogen (secondary N) is 2. The largest absolute Gasteiger partial charge is 0.493 e. The highest BCUT2D eigenvalue weighted by Crippen LogP contribution is 2.37. The lowest BCUT2D eigenvalue weighted by Crippen LogP contribution is -2.30. The summed E-state index contributed by atoms with van der Waals surface area (Å²) in [6, 6.07) is 6.02. The van der Waals surface area contributed by atoms with Gasteiger partial charge >= 0.3 is 0 Å². The van der Waals surface area contributed by atoms with Crippen LogP contribution in [0.3, 0.4) is 0 Å². The van der Waals surface area contributed by atoms with Crippen molar-refractivity contribution in [2.75, 3.05) is 19.7 Å². The lowest BCUT2D eigenvalue weighted by molar-refractivity contribution is 0.0900. The third-order valence-electron chi connectivity index (χ3n) is 4.31. The molecule has 0 saturated carbocycles. The summed E-state index contributed by atoms with van der Waals surface area (Å²) in [7, 11) is 0. The van der Waals surface area contributed by atoms with Gasteiger partial charge in [0.25, 0.3) is 0 Å². The van der Waals surface area contributed by atoms with E-state index in [1.165, 1.54) is 0 Å². The second-order valence-electron chi connectivity index (χ2n) is 5.80. The zero-order valence-electron chi connectivity index (χ0n) is 12.6. The fraction of sp³-hybridized carbons (Fsp3) is 0.529. The molecule has 4 heteroatoms. The molecule has 2 heterocycles. The highest BCUT2D eigenvalue weighted by molar-refractivity contribution is 5.89. The van der Waals surface area contributed by atoms with Crippen LogP contribution in [-0.4, -0.2) is 29.8 Å². The molecule has 0 radical (unpaired) electrons. The van der Waals surface area contributed by atoms with Crippen LogP contribution in [0.2, 0.25) is 0 Å². The predicted octanol–water partition coefficient (Wildman–Crippen LogP) is 2.99. The maximum Gasteiger partial charge on any atom is 0.129 e. The molecule has 1 saturated heterocycles. The topological polar surface area (TPSA) is 57.3 Å². The summed E-state index contributed by atoms with van der Waals surface area (Å²) in [5, 5.41) is 15.2. The summed E-state index contributed by atoms with van der Waals surface area (Å²) in [5.41, 5.74) is 2.01. The molecule has 1 aliphatic heterocycles. The van der Waals surface area contributed by atoms with E-state index in [0.29, 0.717) is 12.5 Å². The van der Waals surface area contributed by atoms with Gasteiger partial charge in [-0.05, 0) is 50.4 Å². The van der Waals surface area contributed by atoms with Crippen LogP contribution in [0.25, 0.3) is 10.9 Å². The number of benzene rings is 1. The number of aromatic amines is 1. The molecular weight excluding hydrogens is 264 g/mol. The number of aliphatic hydroxyl groups is 1. The van der Waals surface area contributed by atoms with Crippen molar-refractivity contribution in [3.05, 3.63) is 30.0 Å². The summed E-state index contributed by atoms with van der Waals surface area (Å²) in [4.78, 5) is 3.27. The van der Waals surface area contributed by atoms with Crippen LogP contribution in [-0.2, 0) is 0 Å². The number of fused-ring (bicyclic) bond motifs is 1. The molecule has 3 rings (SSSR count). The molecular formula is C17H24N2O2. The number of H-pyrrole nitrogens is 1. The lowest BCUT2D eigenvalue weighted by Gasteiger charge is -2.27. The minimum Gasteiger partial charge on any atom is -0.493 e. The van der Waals surface area contributed by atoms with E-state index in [2.05, 4.69) is 17.2 Å². The van der Waals surface area contributed by atoms with E-state index >= 15 is 0 Å². The molecule has 0 aliphatic carbocycles. The molecule has 21 heavy (non-hydrogen) atoms. The van der Waals surface area contributed by atoms with Gasteiger partial charge in [-0.3, -0.25) is 0 Å². The first-order valence-electron chi connectivity index (χ1n) is 7.93. The fourth-order valence-electron chi connectivity index (χ4n) is 3.16. The molecule has 1 atom stereocenters. The minimum atomic E-state index is -0.424. The van der Waals surface area contributed by atoms with Crippen molar-refractivity contribution in [3.8, 4) is 5.75 Å². The number of ether oxygens (including phenoxy) is 1. The molecule has 114 valence electrons. The van der Waals surface area contributed by atoms with E-state index in [9.17, 15) is 5.11 Å². The van der Waals surface area contributed by atoms with Crippen molar-refractivity contribution >= 4 is 10.9 Å². The molecule has 1 aromatic heterocycles. The van der Waals surface area contributed by atoms with Gasteiger partial charge in [0.05, 0.1) is 12.7 Å². The van der Waals surface area contributed by atoms with Gasteiger partial charge in [-0.15, -0.1) is 0 Å². The van der Waals surface area contributed by atoms with Crippen molar-refractivity contribution in [2.24, 2.45) is 5.92 Å². The normalized spacial score (nSPS) is 18.0. The van der Waals surface area contributed by atoms with Crippen molar-refractivity contribution in [3.63, 3.8) is 0 Å². The van der Waals surface area contributed by atoms with Gasteiger partial charge in [0.2, 0.25) is 0 Å². The van der Waals surface area contributed by atoms with Crippen LogP contribution in [0.1, 0.15) is 37.9 Å². The summed E-state index contributed by atoms with van der Waals surface area (Å²) < 4.78 is 5.86. The smallest absolute Gasteiger partial charge is 0.129 e. The van der Waals surface area contributed by atoms with Crippen molar-refractivity contribution < 1.29 is 9.84 Å². The van der Waals surface area contributed by atoms with Crippen molar-refractivity contribution in [2.45, 2.75) is 32.3 Å². The monoisotopic (exact) mass is 288 g/mol. The molecule has 1 fully saturated rings. The fourth-order valence-corrected chi connectivity index (χ4v) is 3.16. The molecule has 1 unspecified atom stereocenters. The quantitative estimate of drug-likeness (QED) is 0.792. The number of piperidine rings is 1. The number of aliphatic hydroxyl groups excluding tert-OH is 1. The Hall–Kier alpha value is -1.52. The first kappa shape index (κ1) is 14.4. The Labute approximate surface area is 125 Å². The molecule has 1 aliphatic rings. The molecule has 0 spiro atoms. The zero-order chi connectivity index (χ0) is 14.7. The van der Waals surface area contributed by atoms with E-state index in [1.54, 1.807) is 0 Å². The van der Waals surface area contributed by atoms with Crippen LogP contribution < -0.4 is 10.1 Å². The highest BCUT2D eigenvalue weighted by Gasteiger charge is 2.26. The average molecular weight is 288 g/mol. The Morgan fingerprint density at radius 3 is 2.90 bits per heavy atom. The third kappa shape index (κ3) is 2.92. The molecule has 3 N–H and O–H groups in total. The maximum atomic E-state index is 10.8. The molecule has 0 bridgehead atoms. The lowest BCUT2D eigenvalue weighted by atomic mass is 9.88. The summed E-state index contributed by atoms with van der Waals surface area (Å²) in [6.45, 7) is 4.78. The Balaban J connectivity index is 1.93. The van der Waals surface area contributed by atoms with Crippen LogP contribution in [0.4, 0.5) is 0 Å². The van der Waals surface area contributed by atoms with Gasteiger partial charge in [0.15, 0.2) is 0 Å². The van der Waals surface area contributed by atoms with Crippen LogP contribution in [0, 0.1) is 5.92 Å². The maximum absolute atomic E-state index is 10.8. The Morgan fingerprint density at radius 2 is 2.14 bits per heavy atom. The van der Waals surface area contributed by atoms with E-state index in [4.69, 9.17) is 4.74 Å². The molecule has 2 aromatic rings. The van der Waals surface area contributed by atoms with E-state index < -0.39 is 6.10 Å². The van der Waals surface area contributed by atoms with E-state index in [0.717, 1.165) is 54.6 Å². The number of hydrogen-bond donors (Lipinski definition) is 3. The van der Waals surface area contributed by atoms with Crippen LogP contribution >= 0.6 is 0 Å². The molecule has 0 amide bonds. The SMILES string of the molecule is CCCOc1cccc2[nH]cc(C(O)C3CCNCC3)c12. The second-order valence-corrected chi connectivity index (χ2v) is 5.80. The van der Waals surface area contributed by atoms with E-state index in [-0.39, 0.29) is 0 Å². The van der Waals surface area contributed by atoms with Crippen LogP contribution in [0.15, 0.2) is 24.4 Å². The third-order valence-corrected chi connectivity index (χ3v) is 4.31. The first-order valence-corrected chi connectivity index (χ1v) is 7.93. The zero-order valence-corrected chi connectivity index (χ0v) is 12.6. The van der Waals surface area contributed by atoms with Crippen molar-refractivity contribution in [1.82, 2.24) is 10.3 Å². The van der Waals surface area contributed by atoms with Gasteiger partial charge in [0.1, 0.15) is 5.75 Å². The minimum absolute atomic E-state index is 0.324. The summed E-state index contributed by atoms with van der Waals surface area (Å²) >= 11 is 0. The van der Waals surface area contributed by atoms with Gasteiger partial charge < -0.3 is 20.1 Å². The van der Waals surface area contributed by atoms with Gasteiger partial charge in [0, 0.05) is 22.7 Å². The number of rotatable bonds is 5. The van der Waals surface area contributed by atoms with Crippen LogP contribution in [0.5, 0.6) is 5.75 Å². The second kappa shape index (κ2) is 6.50. The average Bonchev–Trinajstić information content (AvgIpc) is 2.97. The first-order chi connectivity index (χ1) is 10.3. The Kier molecular flexibility index (Phi) is 4.46. The van der Waals surface area contributed by atoms with Gasteiger partial charge in [-0.25, -0.2) is 0 Å². The molecule has 4 nitrogen and oxygen atoms in total. The summed E-state index contributed by atoms with van der Waals surface area (Å²) in [5.74, 6) is 1.20. The molecule has 1 aromatic carbocycles. The Bertz CT molecular complexity index is 587. The highest BCUT2D eigenvalue weighted by atomic mass is 16.5. The number of aromatic nitrogens is 1. The predicted molar refractivity (Wildman–Crippen MR) is 84.6 cm³/mol. The van der Waals surface area contributed by atoms with Gasteiger partial charge in [-0.1, -0.05) is 13.0 Å². The van der Waals surface area contributed by atoms with Gasteiger partial charge in [-0.2, -0.15) is 0 Å². The standard InChI is InChI=1S/C17H24N2O2/c1-2-10-21-15-5-3-4-14-16(15)13(11-19-14)17(20)12-6-8-18-9-7-12/h3-5,11-12,17-20H,2,6-10H2,1H3. The van der Waals surface area contributed by atoms with E-state index in [1.807, 2.05) is 24.4 Å². The van der Waals surface area contributed by atoms with Crippen molar-refractivity contribution in [1.29, 1.82) is 0 Å². The Morgan fingerprint density at radius 1 is 1.33 bits per heavy atom. The summed E-state index contributed by atoms with van der Waals surface area (Å²) in [6.07, 6.45) is 4.54.